The van der Waals surface area contributed by atoms with Gasteiger partial charge in [-0.3, -0.25) is 5.32 Å². The molecule has 1 aromatic rings. The number of halogens is 4. The molecular formula is C14H9BrF3NO2. The van der Waals surface area contributed by atoms with Gasteiger partial charge in [-0.15, -0.1) is 0 Å². The first-order valence-electron chi connectivity index (χ1n) is 6.21. The number of hydrogen-bond acceptors (Lipinski definition) is 2. The van der Waals surface area contributed by atoms with E-state index in [1.807, 2.05) is 0 Å². The van der Waals surface area contributed by atoms with Gasteiger partial charge in [0.1, 0.15) is 0 Å². The van der Waals surface area contributed by atoms with Crippen molar-refractivity contribution < 1.29 is 22.7 Å². The second kappa shape index (κ2) is 4.67. The van der Waals surface area contributed by atoms with E-state index in [1.54, 1.807) is 6.07 Å². The summed E-state index contributed by atoms with van der Waals surface area (Å²) in [5.41, 5.74) is -3.08. The molecule has 21 heavy (non-hydrogen) atoms. The monoisotopic (exact) mass is 359 g/mol. The molecule has 1 saturated carbocycles. The zero-order chi connectivity index (χ0) is 15.3. The SMILES string of the molecule is O=C1Nc2ccc(Br)cc2[C@@](C#CC2CC2)(C(F)(F)F)O1. The zero-order valence-corrected chi connectivity index (χ0v) is 12.1. The fourth-order valence-electron chi connectivity index (χ4n) is 2.05. The summed E-state index contributed by atoms with van der Waals surface area (Å²) in [7, 11) is 0. The molecule has 0 bridgehead atoms. The summed E-state index contributed by atoms with van der Waals surface area (Å²) in [6.07, 6.45) is -4.44. The van der Waals surface area contributed by atoms with Gasteiger partial charge in [0.15, 0.2) is 0 Å². The number of fused-ring (bicyclic) bond motifs is 1. The van der Waals surface area contributed by atoms with E-state index in [-0.39, 0.29) is 17.2 Å². The lowest BCUT2D eigenvalue weighted by molar-refractivity contribution is -0.239. The Morgan fingerprint density at radius 3 is 2.71 bits per heavy atom. The van der Waals surface area contributed by atoms with Gasteiger partial charge in [0.2, 0.25) is 0 Å². The molecule has 7 heteroatoms. The van der Waals surface area contributed by atoms with Crippen molar-refractivity contribution in [2.24, 2.45) is 5.92 Å². The van der Waals surface area contributed by atoms with Crippen LogP contribution in [-0.4, -0.2) is 12.3 Å². The fraction of sp³-hybridized carbons (Fsp3) is 0.357. The number of benzene rings is 1. The van der Waals surface area contributed by atoms with Gasteiger partial charge in [-0.2, -0.15) is 13.2 Å². The van der Waals surface area contributed by atoms with E-state index in [0.29, 0.717) is 4.47 Å². The van der Waals surface area contributed by atoms with Gasteiger partial charge in [0, 0.05) is 16.0 Å². The highest BCUT2D eigenvalue weighted by Crippen LogP contribution is 2.48. The quantitative estimate of drug-likeness (QED) is 0.705. The molecule has 1 aliphatic carbocycles. The predicted molar refractivity (Wildman–Crippen MR) is 72.5 cm³/mol. The summed E-state index contributed by atoms with van der Waals surface area (Å²) in [5.74, 6) is 4.69. The van der Waals surface area contributed by atoms with Gasteiger partial charge in [0.05, 0.1) is 5.69 Å². The molecular weight excluding hydrogens is 351 g/mol. The van der Waals surface area contributed by atoms with Gasteiger partial charge in [0.25, 0.3) is 5.60 Å². The number of cyclic esters (lactones) is 1. The van der Waals surface area contributed by atoms with E-state index in [9.17, 15) is 18.0 Å². The van der Waals surface area contributed by atoms with Crippen LogP contribution in [0, 0.1) is 17.8 Å². The Labute approximate surface area is 127 Å². The fourth-order valence-corrected chi connectivity index (χ4v) is 2.41. The highest BCUT2D eigenvalue weighted by molar-refractivity contribution is 9.10. The Hall–Kier alpha value is -1.68. The van der Waals surface area contributed by atoms with Crippen LogP contribution in [0.1, 0.15) is 18.4 Å². The maximum atomic E-state index is 13.6. The maximum absolute atomic E-state index is 13.6. The summed E-state index contributed by atoms with van der Waals surface area (Å²) in [6.45, 7) is 0. The van der Waals surface area contributed by atoms with Crippen LogP contribution < -0.4 is 5.32 Å². The van der Waals surface area contributed by atoms with Crippen molar-refractivity contribution >= 4 is 27.7 Å². The van der Waals surface area contributed by atoms with E-state index in [2.05, 4.69) is 37.8 Å². The van der Waals surface area contributed by atoms with Crippen molar-refractivity contribution in [1.29, 1.82) is 0 Å². The van der Waals surface area contributed by atoms with Crippen molar-refractivity contribution in [1.82, 2.24) is 0 Å². The number of alkyl halides is 3. The van der Waals surface area contributed by atoms with Crippen molar-refractivity contribution in [3.05, 3.63) is 28.2 Å². The van der Waals surface area contributed by atoms with Crippen LogP contribution in [0.2, 0.25) is 0 Å². The Kier molecular flexibility index (Phi) is 3.17. The third-order valence-corrected chi connectivity index (χ3v) is 3.77. The van der Waals surface area contributed by atoms with E-state index < -0.39 is 17.9 Å². The summed E-state index contributed by atoms with van der Waals surface area (Å²) in [4.78, 5) is 11.5. The number of nitrogens with one attached hydrogen (secondary N) is 1. The zero-order valence-electron chi connectivity index (χ0n) is 10.6. The second-order valence-corrected chi connectivity index (χ2v) is 5.84. The average Bonchev–Trinajstić information content (AvgIpc) is 3.19. The molecule has 110 valence electrons. The lowest BCUT2D eigenvalue weighted by atomic mass is 9.90. The largest absolute Gasteiger partial charge is 0.445 e. The van der Waals surface area contributed by atoms with Crippen LogP contribution in [0.4, 0.5) is 23.7 Å². The lowest BCUT2D eigenvalue weighted by Crippen LogP contribution is -2.49. The van der Waals surface area contributed by atoms with Crippen LogP contribution in [0.25, 0.3) is 0 Å². The van der Waals surface area contributed by atoms with E-state index in [1.165, 1.54) is 12.1 Å². The Morgan fingerprint density at radius 2 is 2.10 bits per heavy atom. The molecule has 1 N–H and O–H groups in total. The van der Waals surface area contributed by atoms with Crippen LogP contribution in [0.3, 0.4) is 0 Å². The third kappa shape index (κ3) is 2.48. The minimum atomic E-state index is -4.83. The summed E-state index contributed by atoms with van der Waals surface area (Å²) in [5, 5.41) is 2.27. The van der Waals surface area contributed by atoms with Crippen molar-refractivity contribution in [2.45, 2.75) is 24.6 Å². The summed E-state index contributed by atoms with van der Waals surface area (Å²) >= 11 is 3.13. The molecule has 1 fully saturated rings. The topological polar surface area (TPSA) is 38.3 Å². The number of ether oxygens (including phenoxy) is 1. The van der Waals surface area contributed by atoms with Crippen LogP contribution in [0.5, 0.6) is 0 Å². The second-order valence-electron chi connectivity index (χ2n) is 4.93. The molecule has 0 radical (unpaired) electrons. The highest BCUT2D eigenvalue weighted by atomic mass is 79.9. The number of anilines is 1. The van der Waals surface area contributed by atoms with Gasteiger partial charge in [-0.1, -0.05) is 21.9 Å². The van der Waals surface area contributed by atoms with Gasteiger partial charge < -0.3 is 4.74 Å². The lowest BCUT2D eigenvalue weighted by Gasteiger charge is -2.35. The Morgan fingerprint density at radius 1 is 1.38 bits per heavy atom. The molecule has 2 aliphatic rings. The summed E-state index contributed by atoms with van der Waals surface area (Å²) in [6, 6.07) is 4.20. The summed E-state index contributed by atoms with van der Waals surface area (Å²) < 4.78 is 46.0. The number of carbonyl (C=O) groups excluding carboxylic acids is 1. The van der Waals surface area contributed by atoms with Crippen molar-refractivity contribution in [3.8, 4) is 11.8 Å². The van der Waals surface area contributed by atoms with E-state index in [4.69, 9.17) is 0 Å². The molecule has 1 aromatic carbocycles. The van der Waals surface area contributed by atoms with E-state index >= 15 is 0 Å². The molecule has 0 saturated heterocycles. The first-order valence-corrected chi connectivity index (χ1v) is 7.00. The smallest absolute Gasteiger partial charge is 0.415 e. The van der Waals surface area contributed by atoms with Crippen molar-refractivity contribution in [3.63, 3.8) is 0 Å². The molecule has 0 aromatic heterocycles. The molecule has 0 spiro atoms. The number of amides is 1. The van der Waals surface area contributed by atoms with Crippen molar-refractivity contribution in [2.75, 3.05) is 5.32 Å². The maximum Gasteiger partial charge on any atom is 0.445 e. The molecule has 3 rings (SSSR count). The highest BCUT2D eigenvalue weighted by Gasteiger charge is 2.62. The molecule has 0 unspecified atom stereocenters. The van der Waals surface area contributed by atoms with Gasteiger partial charge in [-0.05, 0) is 37.0 Å². The molecule has 3 nitrogen and oxygen atoms in total. The van der Waals surface area contributed by atoms with Crippen LogP contribution in [-0.2, 0) is 10.3 Å². The standard InChI is InChI=1S/C14H9BrF3NO2/c15-9-3-4-11-10(7-9)13(14(16,17)18,21-12(20)19-11)6-5-8-1-2-8/h3-4,7-8H,1-2H2,(H,19,20)/t13-/m0/s1. The Bertz CT molecular complexity index is 673. The normalized spacial score (nSPS) is 24.3. The number of rotatable bonds is 0. The Balaban J connectivity index is 2.22. The van der Waals surface area contributed by atoms with Crippen LogP contribution >= 0.6 is 15.9 Å². The van der Waals surface area contributed by atoms with Gasteiger partial charge >= 0.3 is 12.3 Å². The molecule has 1 atom stereocenters. The molecule has 1 heterocycles. The number of hydrogen-bond donors (Lipinski definition) is 1. The average molecular weight is 360 g/mol. The first kappa shape index (κ1) is 14.3. The third-order valence-electron chi connectivity index (χ3n) is 3.27. The molecule has 1 aliphatic heterocycles. The van der Waals surface area contributed by atoms with E-state index in [0.717, 1.165) is 12.8 Å². The minimum Gasteiger partial charge on any atom is -0.415 e. The van der Waals surface area contributed by atoms with Gasteiger partial charge in [-0.25, -0.2) is 4.79 Å². The van der Waals surface area contributed by atoms with Crippen LogP contribution in [0.15, 0.2) is 22.7 Å². The predicted octanol–water partition coefficient (Wildman–Crippen LogP) is 4.18. The number of carbonyl (C=O) groups is 1. The first-order chi connectivity index (χ1) is 9.82. The molecule has 1 amide bonds. The minimum absolute atomic E-state index is 0.0478.